The standard InChI is InChI=1S/C21H25N3O3/c1-16(25)22-18-6-5-7-20(14-18)27-15-21(26)23-17-8-10-19(11-9-17)24-12-3-2-4-13-24/h5-11,14H,2-4,12-13,15H2,1H3,(H,22,25)(H,23,26). The first kappa shape index (κ1) is 18.8. The van der Waals surface area contributed by atoms with Gasteiger partial charge >= 0.3 is 0 Å². The highest BCUT2D eigenvalue weighted by atomic mass is 16.5. The second kappa shape index (κ2) is 9.07. The highest BCUT2D eigenvalue weighted by molar-refractivity contribution is 5.92. The lowest BCUT2D eigenvalue weighted by Gasteiger charge is -2.28. The predicted octanol–water partition coefficient (Wildman–Crippen LogP) is 3.65. The van der Waals surface area contributed by atoms with Crippen molar-refractivity contribution in [2.75, 3.05) is 35.2 Å². The van der Waals surface area contributed by atoms with Crippen LogP contribution in [-0.4, -0.2) is 31.5 Å². The number of rotatable bonds is 6. The minimum Gasteiger partial charge on any atom is -0.484 e. The summed E-state index contributed by atoms with van der Waals surface area (Å²) in [6.45, 7) is 3.53. The number of hydrogen-bond acceptors (Lipinski definition) is 4. The molecule has 0 atom stereocenters. The molecule has 1 fully saturated rings. The molecule has 27 heavy (non-hydrogen) atoms. The summed E-state index contributed by atoms with van der Waals surface area (Å²) in [7, 11) is 0. The summed E-state index contributed by atoms with van der Waals surface area (Å²) in [5, 5.41) is 5.52. The summed E-state index contributed by atoms with van der Waals surface area (Å²) < 4.78 is 5.51. The Morgan fingerprint density at radius 2 is 1.70 bits per heavy atom. The largest absolute Gasteiger partial charge is 0.484 e. The highest BCUT2D eigenvalue weighted by Crippen LogP contribution is 2.22. The molecule has 0 unspecified atom stereocenters. The van der Waals surface area contributed by atoms with Gasteiger partial charge in [0.05, 0.1) is 0 Å². The van der Waals surface area contributed by atoms with E-state index in [2.05, 4.69) is 15.5 Å². The van der Waals surface area contributed by atoms with Crippen LogP contribution in [0.4, 0.5) is 17.1 Å². The first-order valence-electron chi connectivity index (χ1n) is 9.25. The number of benzene rings is 2. The van der Waals surface area contributed by atoms with Crippen LogP contribution in [0.2, 0.25) is 0 Å². The van der Waals surface area contributed by atoms with E-state index in [1.54, 1.807) is 24.3 Å². The Bertz CT molecular complexity index is 784. The van der Waals surface area contributed by atoms with Crippen LogP contribution in [0.3, 0.4) is 0 Å². The van der Waals surface area contributed by atoms with Crippen molar-refractivity contribution in [3.63, 3.8) is 0 Å². The minimum atomic E-state index is -0.231. The van der Waals surface area contributed by atoms with Crippen molar-refractivity contribution in [1.82, 2.24) is 0 Å². The van der Waals surface area contributed by atoms with E-state index < -0.39 is 0 Å². The summed E-state index contributed by atoms with van der Waals surface area (Å²) in [5.41, 5.74) is 2.57. The molecule has 6 nitrogen and oxygen atoms in total. The zero-order valence-corrected chi connectivity index (χ0v) is 15.5. The Balaban J connectivity index is 1.49. The molecule has 1 saturated heterocycles. The summed E-state index contributed by atoms with van der Waals surface area (Å²) in [6.07, 6.45) is 3.77. The fourth-order valence-electron chi connectivity index (χ4n) is 3.12. The number of piperidine rings is 1. The van der Waals surface area contributed by atoms with E-state index in [0.717, 1.165) is 18.8 Å². The topological polar surface area (TPSA) is 70.7 Å². The van der Waals surface area contributed by atoms with Gasteiger partial charge in [-0.2, -0.15) is 0 Å². The van der Waals surface area contributed by atoms with Crippen LogP contribution in [0, 0.1) is 0 Å². The Hall–Kier alpha value is -3.02. The third-order valence-corrected chi connectivity index (χ3v) is 4.40. The van der Waals surface area contributed by atoms with Crippen LogP contribution >= 0.6 is 0 Å². The second-order valence-corrected chi connectivity index (χ2v) is 6.64. The Labute approximate surface area is 159 Å². The zero-order valence-electron chi connectivity index (χ0n) is 15.5. The summed E-state index contributed by atoms with van der Waals surface area (Å²) in [4.78, 5) is 25.6. The van der Waals surface area contributed by atoms with Crippen LogP contribution in [0.15, 0.2) is 48.5 Å². The lowest BCUT2D eigenvalue weighted by molar-refractivity contribution is -0.118. The van der Waals surface area contributed by atoms with Crippen molar-refractivity contribution >= 4 is 28.9 Å². The lowest BCUT2D eigenvalue weighted by atomic mass is 10.1. The van der Waals surface area contributed by atoms with Gasteiger partial charge in [-0.05, 0) is 55.7 Å². The minimum absolute atomic E-state index is 0.0998. The molecular weight excluding hydrogens is 342 g/mol. The molecule has 2 amide bonds. The molecule has 0 saturated carbocycles. The number of nitrogens with one attached hydrogen (secondary N) is 2. The van der Waals surface area contributed by atoms with Crippen LogP contribution in [0.1, 0.15) is 26.2 Å². The maximum absolute atomic E-state index is 12.1. The summed E-state index contributed by atoms with van der Waals surface area (Å²) >= 11 is 0. The van der Waals surface area contributed by atoms with Gasteiger partial charge in [0.25, 0.3) is 5.91 Å². The van der Waals surface area contributed by atoms with E-state index in [1.165, 1.54) is 31.9 Å². The molecule has 3 rings (SSSR count). The van der Waals surface area contributed by atoms with Crippen molar-refractivity contribution < 1.29 is 14.3 Å². The number of carbonyl (C=O) groups is 2. The smallest absolute Gasteiger partial charge is 0.262 e. The molecule has 2 aromatic carbocycles. The molecule has 0 bridgehead atoms. The van der Waals surface area contributed by atoms with E-state index in [0.29, 0.717) is 11.4 Å². The predicted molar refractivity (Wildman–Crippen MR) is 107 cm³/mol. The first-order valence-corrected chi connectivity index (χ1v) is 9.25. The van der Waals surface area contributed by atoms with Crippen LogP contribution < -0.4 is 20.3 Å². The number of nitrogens with zero attached hydrogens (tertiary/aromatic N) is 1. The van der Waals surface area contributed by atoms with Gasteiger partial charge in [-0.3, -0.25) is 9.59 Å². The van der Waals surface area contributed by atoms with Crippen LogP contribution in [0.25, 0.3) is 0 Å². The number of carbonyl (C=O) groups excluding carboxylic acids is 2. The van der Waals surface area contributed by atoms with Crippen molar-refractivity contribution in [1.29, 1.82) is 0 Å². The molecule has 142 valence electrons. The second-order valence-electron chi connectivity index (χ2n) is 6.64. The van der Waals surface area contributed by atoms with E-state index in [-0.39, 0.29) is 18.4 Å². The van der Waals surface area contributed by atoms with Gasteiger partial charge in [0.1, 0.15) is 5.75 Å². The van der Waals surface area contributed by atoms with Gasteiger partial charge in [-0.15, -0.1) is 0 Å². The molecule has 2 N–H and O–H groups in total. The molecule has 0 aliphatic carbocycles. The molecule has 0 aromatic heterocycles. The first-order chi connectivity index (χ1) is 13.1. The summed E-state index contributed by atoms with van der Waals surface area (Å²) in [5.74, 6) is 0.139. The molecule has 2 aromatic rings. The SMILES string of the molecule is CC(=O)Nc1cccc(OCC(=O)Nc2ccc(N3CCCCC3)cc2)c1. The molecule has 0 radical (unpaired) electrons. The van der Waals surface area contributed by atoms with Crippen LogP contribution in [-0.2, 0) is 9.59 Å². The fourth-order valence-corrected chi connectivity index (χ4v) is 3.12. The average Bonchev–Trinajstić information content (AvgIpc) is 2.67. The molecule has 1 heterocycles. The van der Waals surface area contributed by atoms with Gasteiger partial charge in [0.15, 0.2) is 6.61 Å². The molecule has 1 aliphatic heterocycles. The lowest BCUT2D eigenvalue weighted by Crippen LogP contribution is -2.29. The van der Waals surface area contributed by atoms with Gasteiger partial charge in [0.2, 0.25) is 5.91 Å². The van der Waals surface area contributed by atoms with E-state index in [9.17, 15) is 9.59 Å². The molecular formula is C21H25N3O3. The van der Waals surface area contributed by atoms with Gasteiger partial charge < -0.3 is 20.3 Å². The maximum atomic E-state index is 12.1. The third-order valence-electron chi connectivity index (χ3n) is 4.40. The van der Waals surface area contributed by atoms with Crippen LogP contribution in [0.5, 0.6) is 5.75 Å². The quantitative estimate of drug-likeness (QED) is 0.818. The van der Waals surface area contributed by atoms with E-state index >= 15 is 0 Å². The van der Waals surface area contributed by atoms with Gasteiger partial charge in [0, 0.05) is 43.1 Å². The number of anilines is 3. The van der Waals surface area contributed by atoms with Crippen molar-refractivity contribution in [2.24, 2.45) is 0 Å². The molecule has 6 heteroatoms. The normalized spacial score (nSPS) is 13.7. The van der Waals surface area contributed by atoms with Crippen molar-refractivity contribution in [2.45, 2.75) is 26.2 Å². The number of amides is 2. The van der Waals surface area contributed by atoms with Crippen molar-refractivity contribution in [3.05, 3.63) is 48.5 Å². The molecule has 1 aliphatic rings. The third kappa shape index (κ3) is 5.74. The molecule has 0 spiro atoms. The number of hydrogen-bond donors (Lipinski definition) is 2. The van der Waals surface area contributed by atoms with Crippen molar-refractivity contribution in [3.8, 4) is 5.75 Å². The maximum Gasteiger partial charge on any atom is 0.262 e. The van der Waals surface area contributed by atoms with E-state index in [1.807, 2.05) is 24.3 Å². The monoisotopic (exact) mass is 367 g/mol. The fraction of sp³-hybridized carbons (Fsp3) is 0.333. The van der Waals surface area contributed by atoms with Gasteiger partial charge in [-0.1, -0.05) is 6.07 Å². The average molecular weight is 367 g/mol. The van der Waals surface area contributed by atoms with Gasteiger partial charge in [-0.25, -0.2) is 0 Å². The Morgan fingerprint density at radius 1 is 0.963 bits per heavy atom. The zero-order chi connectivity index (χ0) is 19.1. The Kier molecular flexibility index (Phi) is 6.30. The summed E-state index contributed by atoms with van der Waals surface area (Å²) in [6, 6.07) is 14.9. The number of ether oxygens (including phenoxy) is 1. The highest BCUT2D eigenvalue weighted by Gasteiger charge is 2.11. The Morgan fingerprint density at radius 3 is 2.41 bits per heavy atom. The van der Waals surface area contributed by atoms with E-state index in [4.69, 9.17) is 4.74 Å².